The predicted octanol–water partition coefficient (Wildman–Crippen LogP) is 6.84. The van der Waals surface area contributed by atoms with E-state index in [2.05, 4.69) is 13.8 Å². The Kier molecular flexibility index (Phi) is 17.2. The van der Waals surface area contributed by atoms with Crippen molar-refractivity contribution in [2.75, 3.05) is 25.1 Å². The molecule has 0 bridgehead atoms. The van der Waals surface area contributed by atoms with Crippen molar-refractivity contribution in [3.63, 3.8) is 0 Å². The topological polar surface area (TPSA) is 37.3 Å². The summed E-state index contributed by atoms with van der Waals surface area (Å²) < 4.78 is 13.2. The van der Waals surface area contributed by atoms with E-state index in [0.717, 1.165) is 37.7 Å². The number of hydrogen-bond donors (Lipinski definition) is 1. The van der Waals surface area contributed by atoms with Gasteiger partial charge in [0.15, 0.2) is 0 Å². The third-order valence-electron chi connectivity index (χ3n) is 4.81. The average Bonchev–Trinajstić information content (AvgIpc) is 2.55. The second-order valence-corrected chi connectivity index (χ2v) is 10.7. The molecular formula is C20H43O2P. The molecular weight excluding hydrogens is 303 g/mol. The Hall–Kier alpha value is 0.190. The highest BCUT2D eigenvalue weighted by atomic mass is 31.2. The van der Waals surface area contributed by atoms with E-state index in [0.29, 0.717) is 6.61 Å². The van der Waals surface area contributed by atoms with E-state index < -0.39 is 7.14 Å². The van der Waals surface area contributed by atoms with Crippen molar-refractivity contribution in [2.45, 2.75) is 104 Å². The van der Waals surface area contributed by atoms with Gasteiger partial charge in [0.25, 0.3) is 0 Å². The Morgan fingerprint density at radius 3 is 1.30 bits per heavy atom. The maximum Gasteiger partial charge on any atom is 0.0877 e. The van der Waals surface area contributed by atoms with Gasteiger partial charge in [-0.05, 0) is 25.7 Å². The Morgan fingerprint density at radius 1 is 0.565 bits per heavy atom. The van der Waals surface area contributed by atoms with Gasteiger partial charge >= 0.3 is 0 Å². The fourth-order valence-electron chi connectivity index (χ4n) is 3.21. The number of hydrogen-bond acceptors (Lipinski definition) is 2. The number of aliphatic hydroxyl groups is 1. The highest BCUT2D eigenvalue weighted by molar-refractivity contribution is 7.63. The minimum Gasteiger partial charge on any atom is -0.396 e. The van der Waals surface area contributed by atoms with Crippen LogP contribution in [0.4, 0.5) is 0 Å². The van der Waals surface area contributed by atoms with Crippen LogP contribution >= 0.6 is 7.14 Å². The molecule has 0 rings (SSSR count). The maximum atomic E-state index is 13.2. The third-order valence-corrected chi connectivity index (χ3v) is 8.21. The molecule has 3 heteroatoms. The zero-order valence-electron chi connectivity index (χ0n) is 16.0. The quantitative estimate of drug-likeness (QED) is 0.218. The van der Waals surface area contributed by atoms with Crippen molar-refractivity contribution < 1.29 is 9.67 Å². The molecule has 0 atom stereocenters. The first-order valence-corrected chi connectivity index (χ1v) is 12.6. The predicted molar refractivity (Wildman–Crippen MR) is 105 cm³/mol. The monoisotopic (exact) mass is 346 g/mol. The summed E-state index contributed by atoms with van der Waals surface area (Å²) in [5, 5.41) is 8.78. The summed E-state index contributed by atoms with van der Waals surface area (Å²) in [4.78, 5) is 0. The first-order valence-electron chi connectivity index (χ1n) is 10.4. The average molecular weight is 347 g/mol. The second kappa shape index (κ2) is 17.0. The molecule has 0 aromatic rings. The van der Waals surface area contributed by atoms with Crippen LogP contribution in [0.2, 0.25) is 0 Å². The lowest BCUT2D eigenvalue weighted by Crippen LogP contribution is -2.02. The fraction of sp³-hybridized carbons (Fsp3) is 1.00. The molecule has 0 spiro atoms. The Morgan fingerprint density at radius 2 is 0.913 bits per heavy atom. The van der Waals surface area contributed by atoms with Gasteiger partial charge in [-0.2, -0.15) is 0 Å². The lowest BCUT2D eigenvalue weighted by atomic mass is 10.1. The summed E-state index contributed by atoms with van der Waals surface area (Å²) in [6.07, 6.45) is 19.9. The first kappa shape index (κ1) is 23.2. The molecule has 140 valence electrons. The molecule has 0 saturated carbocycles. The van der Waals surface area contributed by atoms with Gasteiger partial charge in [0, 0.05) is 25.1 Å². The summed E-state index contributed by atoms with van der Waals surface area (Å²) in [6.45, 7) is 4.80. The van der Waals surface area contributed by atoms with Gasteiger partial charge in [-0.1, -0.05) is 78.1 Å². The van der Waals surface area contributed by atoms with E-state index in [9.17, 15) is 4.57 Å². The van der Waals surface area contributed by atoms with E-state index in [1.807, 2.05) is 0 Å². The lowest BCUT2D eigenvalue weighted by molar-refractivity contribution is 0.282. The second-order valence-electron chi connectivity index (χ2n) is 7.20. The van der Waals surface area contributed by atoms with Gasteiger partial charge in [0.05, 0.1) is 7.14 Å². The van der Waals surface area contributed by atoms with Crippen LogP contribution in [0.1, 0.15) is 104 Å². The molecule has 1 N–H and O–H groups in total. The summed E-state index contributed by atoms with van der Waals surface area (Å²) in [5.74, 6) is 0. The molecule has 0 saturated heterocycles. The van der Waals surface area contributed by atoms with Crippen LogP contribution in [0.5, 0.6) is 0 Å². The number of rotatable bonds is 18. The van der Waals surface area contributed by atoms with Gasteiger partial charge in [-0.15, -0.1) is 0 Å². The van der Waals surface area contributed by atoms with Gasteiger partial charge < -0.3 is 9.67 Å². The molecule has 0 aromatic heterocycles. The molecule has 0 aromatic carbocycles. The van der Waals surface area contributed by atoms with E-state index in [1.54, 1.807) is 0 Å². The van der Waals surface area contributed by atoms with Crippen LogP contribution in [0.15, 0.2) is 0 Å². The molecule has 0 unspecified atom stereocenters. The van der Waals surface area contributed by atoms with Gasteiger partial charge in [0.1, 0.15) is 0 Å². The van der Waals surface area contributed by atoms with Gasteiger partial charge in [-0.25, -0.2) is 0 Å². The van der Waals surface area contributed by atoms with Crippen LogP contribution in [-0.4, -0.2) is 30.2 Å². The summed E-state index contributed by atoms with van der Waals surface area (Å²) in [7, 11) is -1.90. The lowest BCUT2D eigenvalue weighted by Gasteiger charge is -2.18. The number of unbranched alkanes of at least 4 members (excludes halogenated alkanes) is 11. The maximum absolute atomic E-state index is 13.2. The zero-order valence-corrected chi connectivity index (χ0v) is 16.9. The van der Waals surface area contributed by atoms with Crippen LogP contribution in [0, 0.1) is 0 Å². The third kappa shape index (κ3) is 15.5. The van der Waals surface area contributed by atoms with Crippen molar-refractivity contribution in [3.8, 4) is 0 Å². The van der Waals surface area contributed by atoms with Gasteiger partial charge in [-0.3, -0.25) is 0 Å². The Balaban J connectivity index is 3.96. The molecule has 0 aliphatic rings. The fourth-order valence-corrected chi connectivity index (χ4v) is 6.28. The van der Waals surface area contributed by atoms with Crippen molar-refractivity contribution in [1.29, 1.82) is 0 Å². The molecule has 23 heavy (non-hydrogen) atoms. The molecule has 2 nitrogen and oxygen atoms in total. The largest absolute Gasteiger partial charge is 0.396 e. The minimum absolute atomic E-state index is 0.324. The minimum atomic E-state index is -1.90. The van der Waals surface area contributed by atoms with Crippen LogP contribution in [-0.2, 0) is 4.57 Å². The first-order chi connectivity index (χ1) is 11.2. The highest BCUT2D eigenvalue weighted by Crippen LogP contribution is 2.48. The normalized spacial score (nSPS) is 12.0. The van der Waals surface area contributed by atoms with E-state index in [4.69, 9.17) is 5.11 Å². The molecule has 0 aliphatic heterocycles. The Bertz CT molecular complexity index is 263. The molecule has 0 aliphatic carbocycles. The summed E-state index contributed by atoms with van der Waals surface area (Å²) in [5.41, 5.74) is 0. The van der Waals surface area contributed by atoms with Crippen molar-refractivity contribution in [1.82, 2.24) is 0 Å². The van der Waals surface area contributed by atoms with Crippen LogP contribution in [0.25, 0.3) is 0 Å². The summed E-state index contributed by atoms with van der Waals surface area (Å²) in [6, 6.07) is 0. The van der Waals surface area contributed by atoms with Crippen molar-refractivity contribution in [2.24, 2.45) is 0 Å². The highest BCUT2D eigenvalue weighted by Gasteiger charge is 2.20. The molecule has 0 fully saturated rings. The van der Waals surface area contributed by atoms with E-state index in [1.165, 1.54) is 70.6 Å². The van der Waals surface area contributed by atoms with Crippen molar-refractivity contribution >= 4 is 7.14 Å². The van der Waals surface area contributed by atoms with Crippen molar-refractivity contribution in [3.05, 3.63) is 0 Å². The molecule has 0 amide bonds. The summed E-state index contributed by atoms with van der Waals surface area (Å²) >= 11 is 0. The van der Waals surface area contributed by atoms with E-state index in [-0.39, 0.29) is 0 Å². The smallest absolute Gasteiger partial charge is 0.0877 e. The van der Waals surface area contributed by atoms with Crippen LogP contribution in [0.3, 0.4) is 0 Å². The van der Waals surface area contributed by atoms with Gasteiger partial charge in [0.2, 0.25) is 0 Å². The molecule has 0 radical (unpaired) electrons. The van der Waals surface area contributed by atoms with Crippen LogP contribution < -0.4 is 0 Å². The molecule has 0 heterocycles. The van der Waals surface area contributed by atoms with E-state index >= 15 is 0 Å². The standard InChI is InChI=1S/C20H43O2P/c1-3-5-7-14-18-23(22,19-15-8-6-4-2)20-16-12-10-9-11-13-17-21/h21H,3-20H2,1-2H3. The Labute approximate surface area is 146 Å². The zero-order chi connectivity index (χ0) is 17.2. The SMILES string of the molecule is CCCCCCP(=O)(CCCCCC)CCCCCCCCO. The number of aliphatic hydroxyl groups excluding tert-OH is 1.